The fourth-order valence-corrected chi connectivity index (χ4v) is 2.24. The van der Waals surface area contributed by atoms with Crippen LogP contribution in [0, 0.1) is 5.92 Å². The second kappa shape index (κ2) is 7.79. The van der Waals surface area contributed by atoms with Crippen LogP contribution in [0.25, 0.3) is 0 Å². The Morgan fingerprint density at radius 1 is 1.26 bits per heavy atom. The molecular weight excluding hydrogens is 238 g/mol. The highest BCUT2D eigenvalue weighted by Gasteiger charge is 2.14. The second-order valence-corrected chi connectivity index (χ2v) is 5.02. The van der Waals surface area contributed by atoms with Gasteiger partial charge in [0, 0.05) is 18.8 Å². The topological polar surface area (TPSA) is 72.3 Å². The summed E-state index contributed by atoms with van der Waals surface area (Å²) < 4.78 is 0. The van der Waals surface area contributed by atoms with Crippen molar-refractivity contribution in [1.29, 1.82) is 0 Å². The number of anilines is 1. The maximum Gasteiger partial charge on any atom is 0.231 e. The third kappa shape index (κ3) is 5.30. The van der Waals surface area contributed by atoms with Crippen LogP contribution in [-0.2, 0) is 11.3 Å². The summed E-state index contributed by atoms with van der Waals surface area (Å²) in [6.45, 7) is 6.18. The van der Waals surface area contributed by atoms with Crippen LogP contribution >= 0.6 is 0 Å². The van der Waals surface area contributed by atoms with Crippen molar-refractivity contribution in [2.45, 2.75) is 33.2 Å². The molecule has 106 valence electrons. The number of carbonyl (C=O) groups is 1. The van der Waals surface area contributed by atoms with Gasteiger partial charge in [-0.15, -0.1) is 0 Å². The highest BCUT2D eigenvalue weighted by Crippen LogP contribution is 2.16. The first-order chi connectivity index (χ1) is 9.06. The van der Waals surface area contributed by atoms with E-state index >= 15 is 0 Å². The summed E-state index contributed by atoms with van der Waals surface area (Å²) in [6, 6.07) is 7.76. The number of amides is 1. The summed E-state index contributed by atoms with van der Waals surface area (Å²) >= 11 is 0. The highest BCUT2D eigenvalue weighted by atomic mass is 16.1. The van der Waals surface area contributed by atoms with Gasteiger partial charge < -0.3 is 11.5 Å². The van der Waals surface area contributed by atoms with E-state index in [1.165, 1.54) is 0 Å². The van der Waals surface area contributed by atoms with Gasteiger partial charge in [-0.05, 0) is 17.5 Å². The molecule has 1 aromatic rings. The lowest BCUT2D eigenvalue weighted by Crippen LogP contribution is -2.36. The molecule has 0 aliphatic carbocycles. The normalized spacial score (nSPS) is 11.2. The van der Waals surface area contributed by atoms with E-state index in [1.54, 1.807) is 0 Å². The maximum absolute atomic E-state index is 11.2. The number of para-hydroxylation sites is 1. The molecule has 0 aliphatic heterocycles. The van der Waals surface area contributed by atoms with Gasteiger partial charge in [0.1, 0.15) is 0 Å². The molecule has 19 heavy (non-hydrogen) atoms. The summed E-state index contributed by atoms with van der Waals surface area (Å²) in [5, 5.41) is 0. The number of benzene rings is 1. The third-order valence-corrected chi connectivity index (χ3v) is 3.50. The van der Waals surface area contributed by atoms with Gasteiger partial charge in [-0.2, -0.15) is 0 Å². The number of rotatable bonds is 8. The van der Waals surface area contributed by atoms with Gasteiger partial charge in [0.15, 0.2) is 0 Å². The zero-order valence-corrected chi connectivity index (χ0v) is 11.9. The minimum absolute atomic E-state index is 0.283. The monoisotopic (exact) mass is 263 g/mol. The van der Waals surface area contributed by atoms with Crippen LogP contribution in [0.15, 0.2) is 24.3 Å². The van der Waals surface area contributed by atoms with E-state index in [9.17, 15) is 4.79 Å². The fraction of sp³-hybridized carbons (Fsp3) is 0.533. The molecule has 1 rings (SSSR count). The van der Waals surface area contributed by atoms with E-state index in [4.69, 9.17) is 11.5 Å². The molecule has 0 saturated heterocycles. The Hall–Kier alpha value is -1.55. The number of nitrogens with zero attached hydrogens (tertiary/aromatic N) is 1. The van der Waals surface area contributed by atoms with Crippen molar-refractivity contribution in [2.24, 2.45) is 11.7 Å². The summed E-state index contributed by atoms with van der Waals surface area (Å²) in [6.07, 6.45) is 2.21. The first kappa shape index (κ1) is 15.5. The van der Waals surface area contributed by atoms with Crippen LogP contribution in [0.5, 0.6) is 0 Å². The number of hydrogen-bond donors (Lipinski definition) is 2. The summed E-state index contributed by atoms with van der Waals surface area (Å²) in [4.78, 5) is 13.3. The molecule has 0 radical (unpaired) electrons. The van der Waals surface area contributed by atoms with Crippen LogP contribution in [0.3, 0.4) is 0 Å². The fourth-order valence-electron chi connectivity index (χ4n) is 2.24. The van der Waals surface area contributed by atoms with E-state index in [0.717, 1.165) is 30.6 Å². The third-order valence-electron chi connectivity index (χ3n) is 3.50. The molecule has 0 atom stereocenters. The molecule has 1 aromatic carbocycles. The Balaban J connectivity index is 2.74. The Bertz CT molecular complexity index is 402. The molecule has 0 heterocycles. The van der Waals surface area contributed by atoms with Gasteiger partial charge in [-0.25, -0.2) is 0 Å². The van der Waals surface area contributed by atoms with Crippen LogP contribution in [-0.4, -0.2) is 23.9 Å². The molecule has 4 N–H and O–H groups in total. The number of primary amides is 1. The molecular formula is C15H25N3O. The molecule has 4 nitrogen and oxygen atoms in total. The molecule has 1 amide bonds. The van der Waals surface area contributed by atoms with Gasteiger partial charge in [0.2, 0.25) is 5.91 Å². The van der Waals surface area contributed by atoms with Crippen LogP contribution in [0.1, 0.15) is 32.3 Å². The zero-order valence-electron chi connectivity index (χ0n) is 11.9. The van der Waals surface area contributed by atoms with Gasteiger partial charge in [0.05, 0.1) is 6.54 Å². The van der Waals surface area contributed by atoms with Crippen LogP contribution in [0.2, 0.25) is 0 Å². The molecule has 0 bridgehead atoms. The molecule has 0 saturated carbocycles. The maximum atomic E-state index is 11.2. The summed E-state index contributed by atoms with van der Waals surface area (Å²) in [5.41, 5.74) is 13.1. The first-order valence-corrected chi connectivity index (χ1v) is 6.90. The van der Waals surface area contributed by atoms with Crippen LogP contribution in [0.4, 0.5) is 5.69 Å². The summed E-state index contributed by atoms with van der Waals surface area (Å²) in [5.74, 6) is 0.296. The summed E-state index contributed by atoms with van der Waals surface area (Å²) in [7, 11) is 0. The quantitative estimate of drug-likeness (QED) is 0.705. The highest BCUT2D eigenvalue weighted by molar-refractivity contribution is 5.75. The number of nitrogens with two attached hydrogens (primary N) is 2. The first-order valence-electron chi connectivity index (χ1n) is 6.90. The van der Waals surface area contributed by atoms with E-state index in [0.29, 0.717) is 12.5 Å². The number of hydrogen-bond acceptors (Lipinski definition) is 3. The Morgan fingerprint density at radius 3 is 2.42 bits per heavy atom. The van der Waals surface area contributed by atoms with Crippen molar-refractivity contribution in [3.05, 3.63) is 29.8 Å². The van der Waals surface area contributed by atoms with Crippen molar-refractivity contribution in [3.63, 3.8) is 0 Å². The van der Waals surface area contributed by atoms with E-state index in [-0.39, 0.29) is 12.5 Å². The largest absolute Gasteiger partial charge is 0.398 e. The molecule has 0 aromatic heterocycles. The lowest BCUT2D eigenvalue weighted by Gasteiger charge is -2.25. The van der Waals surface area contributed by atoms with Gasteiger partial charge in [-0.1, -0.05) is 44.9 Å². The number of carbonyl (C=O) groups excluding carboxylic acids is 1. The van der Waals surface area contributed by atoms with E-state index < -0.39 is 0 Å². The molecule has 0 fully saturated rings. The molecule has 4 heteroatoms. The molecule has 0 aliphatic rings. The smallest absolute Gasteiger partial charge is 0.231 e. The van der Waals surface area contributed by atoms with Gasteiger partial charge in [-0.3, -0.25) is 9.69 Å². The van der Waals surface area contributed by atoms with Crippen molar-refractivity contribution < 1.29 is 4.79 Å². The molecule has 0 unspecified atom stereocenters. The average Bonchev–Trinajstić information content (AvgIpc) is 2.37. The zero-order chi connectivity index (χ0) is 14.3. The van der Waals surface area contributed by atoms with Gasteiger partial charge >= 0.3 is 0 Å². The van der Waals surface area contributed by atoms with Crippen LogP contribution < -0.4 is 11.5 Å². The number of nitrogen functional groups attached to an aromatic ring is 1. The predicted molar refractivity (Wildman–Crippen MR) is 79.4 cm³/mol. The minimum atomic E-state index is -0.291. The van der Waals surface area contributed by atoms with Crippen molar-refractivity contribution in [2.75, 3.05) is 18.8 Å². The lowest BCUT2D eigenvalue weighted by atomic mass is 10.0. The van der Waals surface area contributed by atoms with Crippen molar-refractivity contribution in [3.8, 4) is 0 Å². The lowest BCUT2D eigenvalue weighted by molar-refractivity contribution is -0.119. The molecule has 0 spiro atoms. The average molecular weight is 263 g/mol. The SMILES string of the molecule is CCC(CC)CN(CC(N)=O)Cc1ccccc1N. The Labute approximate surface area is 115 Å². The van der Waals surface area contributed by atoms with Crippen molar-refractivity contribution in [1.82, 2.24) is 4.90 Å². The van der Waals surface area contributed by atoms with E-state index in [2.05, 4.69) is 18.7 Å². The minimum Gasteiger partial charge on any atom is -0.398 e. The Morgan fingerprint density at radius 2 is 1.89 bits per heavy atom. The predicted octanol–water partition coefficient (Wildman–Crippen LogP) is 1.99. The van der Waals surface area contributed by atoms with E-state index in [1.807, 2.05) is 24.3 Å². The van der Waals surface area contributed by atoms with Gasteiger partial charge in [0.25, 0.3) is 0 Å². The standard InChI is InChI=1S/C15H25N3O/c1-3-12(4-2)9-18(11-15(17)19)10-13-7-5-6-8-14(13)16/h5-8,12H,3-4,9-11,16H2,1-2H3,(H2,17,19). The van der Waals surface area contributed by atoms with Crippen molar-refractivity contribution >= 4 is 11.6 Å². The second-order valence-electron chi connectivity index (χ2n) is 5.02. The Kier molecular flexibility index (Phi) is 6.36.